The van der Waals surface area contributed by atoms with Gasteiger partial charge < -0.3 is 9.64 Å². The lowest BCUT2D eigenvalue weighted by Crippen LogP contribution is -2.12. The summed E-state index contributed by atoms with van der Waals surface area (Å²) in [6.45, 7) is 1.21. The van der Waals surface area contributed by atoms with E-state index in [2.05, 4.69) is 4.90 Å². The second-order valence-electron chi connectivity index (χ2n) is 5.94. The minimum Gasteiger partial charge on any atom is -0.488 e. The summed E-state index contributed by atoms with van der Waals surface area (Å²) in [6.07, 6.45) is 2.82. The van der Waals surface area contributed by atoms with Crippen LogP contribution in [0, 0.1) is 11.6 Å². The lowest BCUT2D eigenvalue weighted by atomic mass is 9.93. The summed E-state index contributed by atoms with van der Waals surface area (Å²) in [5.74, 6) is -0.00747. The number of ether oxygens (including phenoxy) is 1. The largest absolute Gasteiger partial charge is 0.488 e. The number of halogens is 2. The Bertz CT molecular complexity index is 698. The highest BCUT2D eigenvalue weighted by Gasteiger charge is 2.20. The van der Waals surface area contributed by atoms with Gasteiger partial charge in [0.2, 0.25) is 0 Å². The van der Waals surface area contributed by atoms with Crippen molar-refractivity contribution in [3.63, 3.8) is 0 Å². The van der Waals surface area contributed by atoms with Crippen LogP contribution in [0.2, 0.25) is 0 Å². The maximum atomic E-state index is 13.8. The Balaban J connectivity index is 2.13. The molecule has 0 spiro atoms. The first kappa shape index (κ1) is 15.7. The van der Waals surface area contributed by atoms with Gasteiger partial charge in [0.15, 0.2) is 0 Å². The fraction of sp³-hybridized carbons (Fsp3) is 0.263. The SMILES string of the molecule is CN(C)CCC=C1c2cc(F)ccc2COc2ccc(F)cc21. The Labute approximate surface area is 135 Å². The molecule has 1 aliphatic rings. The molecule has 0 bridgehead atoms. The number of hydrogen-bond donors (Lipinski definition) is 0. The summed E-state index contributed by atoms with van der Waals surface area (Å²) in [6, 6.07) is 9.12. The fourth-order valence-corrected chi connectivity index (χ4v) is 2.75. The summed E-state index contributed by atoms with van der Waals surface area (Å²) in [7, 11) is 3.99. The van der Waals surface area contributed by atoms with Gasteiger partial charge in [0.05, 0.1) is 0 Å². The number of hydrogen-bond acceptors (Lipinski definition) is 2. The Morgan fingerprint density at radius 1 is 1.04 bits per heavy atom. The quantitative estimate of drug-likeness (QED) is 0.840. The molecular weight excluding hydrogens is 296 g/mol. The summed E-state index contributed by atoms with van der Waals surface area (Å²) in [5, 5.41) is 0. The van der Waals surface area contributed by atoms with Gasteiger partial charge in [0, 0.05) is 12.1 Å². The van der Waals surface area contributed by atoms with Crippen LogP contribution >= 0.6 is 0 Å². The zero-order valence-corrected chi connectivity index (χ0v) is 13.3. The van der Waals surface area contributed by atoms with Crippen molar-refractivity contribution in [3.05, 3.63) is 70.8 Å². The molecular formula is C19H19F2NO. The van der Waals surface area contributed by atoms with Crippen molar-refractivity contribution in [2.75, 3.05) is 20.6 Å². The zero-order chi connectivity index (χ0) is 16.4. The van der Waals surface area contributed by atoms with Crippen molar-refractivity contribution >= 4 is 5.57 Å². The highest BCUT2D eigenvalue weighted by Crippen LogP contribution is 2.37. The van der Waals surface area contributed by atoms with E-state index >= 15 is 0 Å². The Hall–Kier alpha value is -2.20. The molecule has 0 aliphatic carbocycles. The Morgan fingerprint density at radius 2 is 1.74 bits per heavy atom. The molecule has 0 atom stereocenters. The van der Waals surface area contributed by atoms with Crippen molar-refractivity contribution in [1.82, 2.24) is 4.90 Å². The first-order valence-electron chi connectivity index (χ1n) is 7.61. The van der Waals surface area contributed by atoms with E-state index in [0.29, 0.717) is 17.9 Å². The minimum absolute atomic E-state index is 0.304. The first-order chi connectivity index (χ1) is 11.0. The molecule has 1 heterocycles. The van der Waals surface area contributed by atoms with Crippen LogP contribution in [0.5, 0.6) is 5.75 Å². The lowest BCUT2D eigenvalue weighted by Gasteiger charge is -2.12. The van der Waals surface area contributed by atoms with E-state index in [4.69, 9.17) is 4.74 Å². The highest BCUT2D eigenvalue weighted by molar-refractivity contribution is 5.85. The zero-order valence-electron chi connectivity index (χ0n) is 13.3. The van der Waals surface area contributed by atoms with Crippen LogP contribution in [0.4, 0.5) is 8.78 Å². The van der Waals surface area contributed by atoms with Gasteiger partial charge in [-0.2, -0.15) is 0 Å². The second-order valence-corrected chi connectivity index (χ2v) is 5.94. The summed E-state index contributed by atoms with van der Waals surface area (Å²) >= 11 is 0. The Kier molecular flexibility index (Phi) is 4.44. The normalized spacial score (nSPS) is 15.1. The van der Waals surface area contributed by atoms with Gasteiger partial charge in [-0.3, -0.25) is 0 Å². The van der Waals surface area contributed by atoms with Crippen LogP contribution < -0.4 is 4.74 Å². The molecule has 120 valence electrons. The third-order valence-corrected chi connectivity index (χ3v) is 3.90. The third kappa shape index (κ3) is 3.42. The summed E-state index contributed by atoms with van der Waals surface area (Å²) < 4.78 is 33.3. The molecule has 4 heteroatoms. The number of benzene rings is 2. The second kappa shape index (κ2) is 6.50. The molecule has 0 saturated carbocycles. The molecule has 23 heavy (non-hydrogen) atoms. The van der Waals surface area contributed by atoms with E-state index in [1.165, 1.54) is 24.3 Å². The molecule has 0 amide bonds. The summed E-state index contributed by atoms with van der Waals surface area (Å²) in [4.78, 5) is 2.07. The predicted molar refractivity (Wildman–Crippen MR) is 87.4 cm³/mol. The molecule has 0 saturated heterocycles. The molecule has 2 nitrogen and oxygen atoms in total. The molecule has 0 radical (unpaired) electrons. The van der Waals surface area contributed by atoms with E-state index in [-0.39, 0.29) is 11.6 Å². The molecule has 3 rings (SSSR count). The average Bonchev–Trinajstić information content (AvgIpc) is 2.64. The average molecular weight is 315 g/mol. The lowest BCUT2D eigenvalue weighted by molar-refractivity contribution is 0.306. The van der Waals surface area contributed by atoms with Gasteiger partial charge in [-0.15, -0.1) is 0 Å². The van der Waals surface area contributed by atoms with E-state index in [0.717, 1.165) is 29.7 Å². The van der Waals surface area contributed by atoms with Gasteiger partial charge in [0.25, 0.3) is 0 Å². The standard InChI is InChI=1S/C19H19F2NO/c1-22(2)9-3-4-16-17-10-14(20)6-5-13(17)12-23-19-8-7-15(21)11-18(16)19/h4-8,10-11H,3,9,12H2,1-2H3. The number of nitrogens with zero attached hydrogens (tertiary/aromatic N) is 1. The molecule has 2 aromatic carbocycles. The third-order valence-electron chi connectivity index (χ3n) is 3.90. The smallest absolute Gasteiger partial charge is 0.127 e. The molecule has 0 N–H and O–H groups in total. The van der Waals surface area contributed by atoms with Crippen LogP contribution in [0.25, 0.3) is 5.57 Å². The molecule has 0 fully saturated rings. The summed E-state index contributed by atoms with van der Waals surface area (Å²) in [5.41, 5.74) is 3.17. The van der Waals surface area contributed by atoms with Crippen molar-refractivity contribution in [3.8, 4) is 5.75 Å². The van der Waals surface area contributed by atoms with Crippen LogP contribution in [0.15, 0.2) is 42.5 Å². The van der Waals surface area contributed by atoms with Gasteiger partial charge in [-0.1, -0.05) is 12.1 Å². The molecule has 0 unspecified atom stereocenters. The van der Waals surface area contributed by atoms with Crippen LogP contribution in [0.1, 0.15) is 23.1 Å². The van der Waals surface area contributed by atoms with Crippen LogP contribution in [-0.2, 0) is 6.61 Å². The van der Waals surface area contributed by atoms with Crippen molar-refractivity contribution in [1.29, 1.82) is 0 Å². The highest BCUT2D eigenvalue weighted by atomic mass is 19.1. The van der Waals surface area contributed by atoms with Gasteiger partial charge in [-0.05, 0) is 67.5 Å². The first-order valence-corrected chi connectivity index (χ1v) is 7.61. The van der Waals surface area contributed by atoms with Crippen molar-refractivity contribution < 1.29 is 13.5 Å². The fourth-order valence-electron chi connectivity index (χ4n) is 2.75. The topological polar surface area (TPSA) is 12.5 Å². The van der Waals surface area contributed by atoms with Crippen molar-refractivity contribution in [2.45, 2.75) is 13.0 Å². The van der Waals surface area contributed by atoms with Crippen LogP contribution in [0.3, 0.4) is 0 Å². The van der Waals surface area contributed by atoms with E-state index in [9.17, 15) is 8.78 Å². The predicted octanol–water partition coefficient (Wildman–Crippen LogP) is 4.24. The van der Waals surface area contributed by atoms with Gasteiger partial charge in [-0.25, -0.2) is 8.78 Å². The van der Waals surface area contributed by atoms with Gasteiger partial charge in [0.1, 0.15) is 24.0 Å². The molecule has 2 aromatic rings. The van der Waals surface area contributed by atoms with Crippen LogP contribution in [-0.4, -0.2) is 25.5 Å². The monoisotopic (exact) mass is 315 g/mol. The van der Waals surface area contributed by atoms with E-state index in [1.807, 2.05) is 20.2 Å². The molecule has 1 aliphatic heterocycles. The molecule has 0 aromatic heterocycles. The van der Waals surface area contributed by atoms with E-state index < -0.39 is 0 Å². The number of fused-ring (bicyclic) bond motifs is 2. The van der Waals surface area contributed by atoms with Crippen molar-refractivity contribution in [2.24, 2.45) is 0 Å². The Morgan fingerprint density at radius 3 is 2.48 bits per heavy atom. The van der Waals surface area contributed by atoms with Gasteiger partial charge >= 0.3 is 0 Å². The maximum Gasteiger partial charge on any atom is 0.127 e. The maximum absolute atomic E-state index is 13.8. The minimum atomic E-state index is -0.328. The van der Waals surface area contributed by atoms with E-state index in [1.54, 1.807) is 12.1 Å². The number of rotatable bonds is 3.